The van der Waals surface area contributed by atoms with Gasteiger partial charge >= 0.3 is 5.69 Å². The Hall–Kier alpha value is -2.39. The van der Waals surface area contributed by atoms with Crippen molar-refractivity contribution in [1.82, 2.24) is 24.9 Å². The fourth-order valence-corrected chi connectivity index (χ4v) is 3.18. The molecular formula is C16H19N5O3S. The first-order valence-corrected chi connectivity index (χ1v) is 8.77. The second kappa shape index (κ2) is 8.13. The second-order valence-corrected chi connectivity index (χ2v) is 6.70. The molecule has 0 radical (unpaired) electrons. The number of H-pyrrole nitrogens is 1. The summed E-state index contributed by atoms with van der Waals surface area (Å²) in [4.78, 5) is 16.3. The van der Waals surface area contributed by atoms with Gasteiger partial charge in [0, 0.05) is 25.8 Å². The molecule has 0 fully saturated rings. The van der Waals surface area contributed by atoms with Crippen molar-refractivity contribution in [2.75, 3.05) is 13.7 Å². The number of aromatic nitrogens is 5. The maximum absolute atomic E-state index is 11.9. The summed E-state index contributed by atoms with van der Waals surface area (Å²) in [5.74, 6) is 1.03. The van der Waals surface area contributed by atoms with Gasteiger partial charge in [-0.1, -0.05) is 47.3 Å². The molecule has 0 aliphatic rings. The van der Waals surface area contributed by atoms with Crippen LogP contribution in [0.1, 0.15) is 24.5 Å². The van der Waals surface area contributed by atoms with Crippen molar-refractivity contribution in [3.05, 3.63) is 46.7 Å². The van der Waals surface area contributed by atoms with Crippen molar-refractivity contribution in [3.8, 4) is 11.4 Å². The fourth-order valence-electron chi connectivity index (χ4n) is 2.27. The Labute approximate surface area is 148 Å². The highest BCUT2D eigenvalue weighted by molar-refractivity contribution is 7.99. The molecule has 0 aliphatic carbocycles. The van der Waals surface area contributed by atoms with Crippen molar-refractivity contribution in [2.45, 2.75) is 30.3 Å². The molecule has 1 unspecified atom stereocenters. The summed E-state index contributed by atoms with van der Waals surface area (Å²) in [6.45, 7) is 3.06. The van der Waals surface area contributed by atoms with E-state index in [4.69, 9.17) is 9.26 Å². The molecular weight excluding hydrogens is 342 g/mol. The SMILES string of the molecule is COCCCn1c(SC(C)c2nc(-c3ccccc3)no2)n[nH]c1=O. The zero-order valence-electron chi connectivity index (χ0n) is 14.0. The highest BCUT2D eigenvalue weighted by atomic mass is 32.2. The molecule has 25 heavy (non-hydrogen) atoms. The average molecular weight is 361 g/mol. The van der Waals surface area contributed by atoms with Crippen LogP contribution < -0.4 is 5.69 Å². The van der Waals surface area contributed by atoms with Crippen LogP contribution in [0.5, 0.6) is 0 Å². The predicted octanol–water partition coefficient (Wildman–Crippen LogP) is 2.51. The van der Waals surface area contributed by atoms with E-state index in [-0.39, 0.29) is 10.9 Å². The average Bonchev–Trinajstić information content (AvgIpc) is 3.25. The largest absolute Gasteiger partial charge is 0.385 e. The second-order valence-electron chi connectivity index (χ2n) is 5.39. The van der Waals surface area contributed by atoms with Crippen LogP contribution in [0.4, 0.5) is 0 Å². The monoisotopic (exact) mass is 361 g/mol. The van der Waals surface area contributed by atoms with Crippen molar-refractivity contribution in [1.29, 1.82) is 0 Å². The van der Waals surface area contributed by atoms with Crippen LogP contribution in [0.15, 0.2) is 44.8 Å². The summed E-state index contributed by atoms with van der Waals surface area (Å²) in [5.41, 5.74) is 0.659. The molecule has 8 nitrogen and oxygen atoms in total. The number of hydrogen-bond donors (Lipinski definition) is 1. The Kier molecular flexibility index (Phi) is 5.67. The summed E-state index contributed by atoms with van der Waals surface area (Å²) < 4.78 is 12.0. The van der Waals surface area contributed by atoms with Crippen LogP contribution in [-0.2, 0) is 11.3 Å². The molecule has 0 saturated heterocycles. The van der Waals surface area contributed by atoms with E-state index in [0.29, 0.717) is 30.0 Å². The number of ether oxygens (including phenoxy) is 1. The third-order valence-corrected chi connectivity index (χ3v) is 4.63. The van der Waals surface area contributed by atoms with Crippen LogP contribution >= 0.6 is 11.8 Å². The minimum atomic E-state index is -0.235. The lowest BCUT2D eigenvalue weighted by Gasteiger charge is -2.07. The quantitative estimate of drug-likeness (QED) is 0.486. The number of hydrogen-bond acceptors (Lipinski definition) is 7. The molecule has 1 atom stereocenters. The molecule has 0 bridgehead atoms. The Balaban J connectivity index is 1.72. The summed E-state index contributed by atoms with van der Waals surface area (Å²) in [6, 6.07) is 9.63. The normalized spacial score (nSPS) is 12.4. The molecule has 3 rings (SSSR count). The van der Waals surface area contributed by atoms with Crippen LogP contribution in [0, 0.1) is 0 Å². The molecule has 0 aliphatic heterocycles. The first-order chi connectivity index (χ1) is 12.2. The molecule has 2 heterocycles. The van der Waals surface area contributed by atoms with Crippen molar-refractivity contribution in [2.24, 2.45) is 0 Å². The maximum Gasteiger partial charge on any atom is 0.343 e. The molecule has 0 saturated carbocycles. The number of methoxy groups -OCH3 is 1. The van der Waals surface area contributed by atoms with E-state index in [2.05, 4.69) is 20.3 Å². The Morgan fingerprint density at radius 1 is 1.36 bits per heavy atom. The topological polar surface area (TPSA) is 98.8 Å². The number of nitrogens with zero attached hydrogens (tertiary/aromatic N) is 4. The van der Waals surface area contributed by atoms with Crippen molar-refractivity contribution in [3.63, 3.8) is 0 Å². The van der Waals surface area contributed by atoms with Gasteiger partial charge in [-0.25, -0.2) is 9.89 Å². The molecule has 132 valence electrons. The summed E-state index contributed by atoms with van der Waals surface area (Å²) in [7, 11) is 1.63. The van der Waals surface area contributed by atoms with E-state index in [1.807, 2.05) is 37.3 Å². The van der Waals surface area contributed by atoms with Crippen LogP contribution in [0.3, 0.4) is 0 Å². The third kappa shape index (κ3) is 4.18. The molecule has 1 aromatic carbocycles. The summed E-state index contributed by atoms with van der Waals surface area (Å²) >= 11 is 1.39. The lowest BCUT2D eigenvalue weighted by molar-refractivity contribution is 0.189. The number of thioether (sulfide) groups is 1. The van der Waals surface area contributed by atoms with Gasteiger partial charge in [0.25, 0.3) is 0 Å². The van der Waals surface area contributed by atoms with Gasteiger partial charge in [-0.3, -0.25) is 4.57 Å². The van der Waals surface area contributed by atoms with Crippen LogP contribution in [0.25, 0.3) is 11.4 Å². The van der Waals surface area contributed by atoms with Gasteiger partial charge in [-0.2, -0.15) is 4.98 Å². The minimum absolute atomic E-state index is 0.138. The van der Waals surface area contributed by atoms with Gasteiger partial charge in [0.05, 0.1) is 5.25 Å². The Bertz CT molecular complexity index is 858. The zero-order chi connectivity index (χ0) is 17.6. The number of aromatic amines is 1. The fraction of sp³-hybridized carbons (Fsp3) is 0.375. The highest BCUT2D eigenvalue weighted by Crippen LogP contribution is 2.33. The summed E-state index contributed by atoms with van der Waals surface area (Å²) in [6.07, 6.45) is 0.733. The predicted molar refractivity (Wildman–Crippen MR) is 93.3 cm³/mol. The van der Waals surface area contributed by atoms with Gasteiger partial charge in [-0.05, 0) is 13.3 Å². The van der Waals surface area contributed by atoms with Gasteiger partial charge in [0.15, 0.2) is 5.16 Å². The molecule has 0 spiro atoms. The van der Waals surface area contributed by atoms with E-state index in [9.17, 15) is 4.79 Å². The molecule has 9 heteroatoms. The van der Waals surface area contributed by atoms with Gasteiger partial charge < -0.3 is 9.26 Å². The maximum atomic E-state index is 11.9. The Morgan fingerprint density at radius 3 is 2.92 bits per heavy atom. The Morgan fingerprint density at radius 2 is 2.16 bits per heavy atom. The molecule has 2 aromatic heterocycles. The van der Waals surface area contributed by atoms with E-state index >= 15 is 0 Å². The molecule has 0 amide bonds. The first kappa shape index (κ1) is 17.4. The van der Waals surface area contributed by atoms with E-state index in [1.165, 1.54) is 11.8 Å². The highest BCUT2D eigenvalue weighted by Gasteiger charge is 2.20. The lowest BCUT2D eigenvalue weighted by Crippen LogP contribution is -2.18. The number of nitrogens with one attached hydrogen (secondary N) is 1. The van der Waals surface area contributed by atoms with Gasteiger partial charge in [-0.15, -0.1) is 5.10 Å². The van der Waals surface area contributed by atoms with E-state index in [0.717, 1.165) is 12.0 Å². The van der Waals surface area contributed by atoms with E-state index < -0.39 is 0 Å². The smallest absolute Gasteiger partial charge is 0.343 e. The summed E-state index contributed by atoms with van der Waals surface area (Å²) in [5, 5.41) is 11.0. The standard InChI is InChI=1S/C16H19N5O3S/c1-11(14-17-13(20-24-14)12-7-4-3-5-8-12)25-16-19-18-15(22)21(16)9-6-10-23-2/h3-5,7-8,11H,6,9-10H2,1-2H3,(H,18,22). The molecule has 3 aromatic rings. The van der Waals surface area contributed by atoms with Crippen molar-refractivity contribution < 1.29 is 9.26 Å². The number of rotatable bonds is 8. The molecule has 1 N–H and O–H groups in total. The van der Waals surface area contributed by atoms with Crippen molar-refractivity contribution >= 4 is 11.8 Å². The third-order valence-electron chi connectivity index (χ3n) is 3.56. The minimum Gasteiger partial charge on any atom is -0.385 e. The lowest BCUT2D eigenvalue weighted by atomic mass is 10.2. The van der Waals surface area contributed by atoms with Gasteiger partial charge in [0.1, 0.15) is 0 Å². The van der Waals surface area contributed by atoms with Crippen LogP contribution in [-0.4, -0.2) is 38.6 Å². The van der Waals surface area contributed by atoms with Gasteiger partial charge in [0.2, 0.25) is 11.7 Å². The zero-order valence-corrected chi connectivity index (χ0v) is 14.8. The number of benzene rings is 1. The van der Waals surface area contributed by atoms with Crippen LogP contribution in [0.2, 0.25) is 0 Å². The first-order valence-electron chi connectivity index (χ1n) is 7.89. The van der Waals surface area contributed by atoms with E-state index in [1.54, 1.807) is 11.7 Å².